The summed E-state index contributed by atoms with van der Waals surface area (Å²) in [4.78, 5) is 27.8. The minimum atomic E-state index is -2.81. The standard InChI is InChI=1S/C25H27FN8O2/c1-15-5-6-17(9-19(15)26)11-34-18(14-36-4)12-33-13-20(29-23(33)24(34)35)22-16(2)10-27-25(31-22)30-21-7-8-28-32(21)3/h5-10,13,18H,11-12,14H2,1-4H3,(H,27,30,31)/t18-/m0/s1/i3D3,4D3,11D2. The van der Waals surface area contributed by atoms with E-state index < -0.39 is 44.9 Å². The van der Waals surface area contributed by atoms with Crippen molar-refractivity contribution in [2.45, 2.75) is 32.9 Å². The number of ether oxygens (including phenoxy) is 1. The van der Waals surface area contributed by atoms with Crippen LogP contribution in [0.4, 0.5) is 16.2 Å². The number of hydrogen-bond donors (Lipinski definition) is 1. The van der Waals surface area contributed by atoms with Gasteiger partial charge >= 0.3 is 0 Å². The Bertz CT molecular complexity index is 1720. The highest BCUT2D eigenvalue weighted by atomic mass is 19.1. The third-order valence-electron chi connectivity index (χ3n) is 5.75. The molecule has 1 amide bonds. The van der Waals surface area contributed by atoms with Crippen molar-refractivity contribution >= 4 is 17.7 Å². The van der Waals surface area contributed by atoms with Crippen molar-refractivity contribution in [3.8, 4) is 11.4 Å². The summed E-state index contributed by atoms with van der Waals surface area (Å²) in [5.74, 6) is -1.56. The first-order valence-electron chi connectivity index (χ1n) is 14.9. The maximum atomic E-state index is 14.4. The molecule has 0 saturated heterocycles. The molecule has 0 saturated carbocycles. The Hall–Kier alpha value is -4.12. The van der Waals surface area contributed by atoms with Gasteiger partial charge in [-0.25, -0.2) is 19.3 Å². The van der Waals surface area contributed by atoms with E-state index in [0.29, 0.717) is 11.3 Å². The molecule has 4 heterocycles. The van der Waals surface area contributed by atoms with Crippen LogP contribution < -0.4 is 5.32 Å². The molecular formula is C25H27FN8O2. The van der Waals surface area contributed by atoms with Crippen LogP contribution in [0, 0.1) is 19.7 Å². The number of amides is 1. The van der Waals surface area contributed by atoms with Crippen LogP contribution >= 0.6 is 0 Å². The quantitative estimate of drug-likeness (QED) is 0.417. The van der Waals surface area contributed by atoms with Crippen LogP contribution in [0.2, 0.25) is 0 Å². The minimum Gasteiger partial charge on any atom is -0.382 e. The van der Waals surface area contributed by atoms with E-state index in [-0.39, 0.29) is 41.0 Å². The average Bonchev–Trinajstić information content (AvgIpc) is 3.57. The van der Waals surface area contributed by atoms with Gasteiger partial charge in [0, 0.05) is 49.6 Å². The topological polar surface area (TPSA) is 103 Å². The van der Waals surface area contributed by atoms with Crippen molar-refractivity contribution in [3.63, 3.8) is 0 Å². The average molecular weight is 499 g/mol. The van der Waals surface area contributed by atoms with Crippen molar-refractivity contribution < 1.29 is 24.9 Å². The number of nitrogens with one attached hydrogen (secondary N) is 1. The second kappa shape index (κ2) is 9.50. The molecule has 1 N–H and O–H groups in total. The van der Waals surface area contributed by atoms with Gasteiger partial charge in [0.05, 0.1) is 31.4 Å². The van der Waals surface area contributed by atoms with E-state index in [1.54, 1.807) is 6.92 Å². The van der Waals surface area contributed by atoms with E-state index in [2.05, 4.69) is 25.4 Å². The second-order valence-electron chi connectivity index (χ2n) is 8.30. The van der Waals surface area contributed by atoms with Crippen LogP contribution in [-0.2, 0) is 24.8 Å². The third-order valence-corrected chi connectivity index (χ3v) is 5.75. The lowest BCUT2D eigenvalue weighted by Gasteiger charge is -2.35. The molecule has 0 fully saturated rings. The number of carbonyl (C=O) groups excluding carboxylic acids is 1. The van der Waals surface area contributed by atoms with Crippen molar-refractivity contribution in [2.24, 2.45) is 6.98 Å². The zero-order valence-corrected chi connectivity index (χ0v) is 19.4. The maximum absolute atomic E-state index is 14.4. The van der Waals surface area contributed by atoms with Gasteiger partial charge in [0.25, 0.3) is 5.91 Å². The summed E-state index contributed by atoms with van der Waals surface area (Å²) in [5.41, 5.74) is 1.22. The maximum Gasteiger partial charge on any atom is 0.290 e. The lowest BCUT2D eigenvalue weighted by Crippen LogP contribution is -2.49. The van der Waals surface area contributed by atoms with Gasteiger partial charge in [0.2, 0.25) is 5.95 Å². The van der Waals surface area contributed by atoms with E-state index in [4.69, 9.17) is 15.7 Å². The smallest absolute Gasteiger partial charge is 0.290 e. The van der Waals surface area contributed by atoms with Crippen molar-refractivity contribution in [3.05, 3.63) is 71.2 Å². The second-order valence-corrected chi connectivity index (χ2v) is 8.30. The SMILES string of the molecule is [2H]C([2H])([2H])OC[C@@H]1Cn2cc(-c3nc(Nc4ccnn4C([2H])([2H])[2H])ncc3C)nc2C(=O)N1C([2H])([2H])c1ccc(C)c(F)c1. The van der Waals surface area contributed by atoms with Crippen LogP contribution in [0.3, 0.4) is 0 Å². The van der Waals surface area contributed by atoms with E-state index in [9.17, 15) is 9.18 Å². The molecule has 36 heavy (non-hydrogen) atoms. The molecule has 0 aliphatic carbocycles. The number of benzene rings is 1. The van der Waals surface area contributed by atoms with Gasteiger partial charge in [-0.3, -0.25) is 9.48 Å². The number of halogens is 1. The fraction of sp³-hybridized carbons (Fsp3) is 0.320. The normalized spacial score (nSPS) is 19.7. The molecule has 4 aromatic rings. The molecule has 10 nitrogen and oxygen atoms in total. The van der Waals surface area contributed by atoms with Gasteiger partial charge in [-0.05, 0) is 36.6 Å². The number of imidazole rings is 1. The van der Waals surface area contributed by atoms with Gasteiger partial charge in [0.15, 0.2) is 5.82 Å². The molecule has 1 aromatic carbocycles. The van der Waals surface area contributed by atoms with Crippen LogP contribution in [-0.4, -0.2) is 59.8 Å². The third kappa shape index (κ3) is 4.44. The molecule has 3 aromatic heterocycles. The largest absolute Gasteiger partial charge is 0.382 e. The summed E-state index contributed by atoms with van der Waals surface area (Å²) in [7, 11) is -2.81. The predicted molar refractivity (Wildman–Crippen MR) is 131 cm³/mol. The van der Waals surface area contributed by atoms with Gasteiger partial charge in [-0.15, -0.1) is 0 Å². The number of fused-ring (bicyclic) bond motifs is 1. The molecule has 1 atom stereocenters. The van der Waals surface area contributed by atoms with Crippen molar-refractivity contribution in [2.75, 3.05) is 19.0 Å². The van der Waals surface area contributed by atoms with Crippen LogP contribution in [0.25, 0.3) is 11.4 Å². The Morgan fingerprint density at radius 1 is 1.28 bits per heavy atom. The number of aromatic nitrogens is 6. The Morgan fingerprint density at radius 3 is 2.97 bits per heavy atom. The highest BCUT2D eigenvalue weighted by Crippen LogP contribution is 2.27. The highest BCUT2D eigenvalue weighted by Gasteiger charge is 2.35. The highest BCUT2D eigenvalue weighted by molar-refractivity contribution is 5.92. The molecule has 5 rings (SSSR count). The molecule has 11 heteroatoms. The Labute approximate surface area is 219 Å². The summed E-state index contributed by atoms with van der Waals surface area (Å²) in [6.07, 6.45) is 4.30. The number of aryl methyl sites for hydroxylation is 3. The van der Waals surface area contributed by atoms with Gasteiger partial charge < -0.3 is 19.5 Å². The number of methoxy groups -OCH3 is 1. The predicted octanol–water partition coefficient (Wildman–Crippen LogP) is 3.24. The zero-order chi connectivity index (χ0) is 32.2. The summed E-state index contributed by atoms with van der Waals surface area (Å²) >= 11 is 0. The summed E-state index contributed by atoms with van der Waals surface area (Å²) in [6.45, 7) is -2.53. The summed E-state index contributed by atoms with van der Waals surface area (Å²) in [6, 6.07) is 4.07. The molecule has 186 valence electrons. The number of anilines is 2. The first-order valence-corrected chi connectivity index (χ1v) is 10.9. The molecule has 0 unspecified atom stereocenters. The molecule has 0 radical (unpaired) electrons. The monoisotopic (exact) mass is 498 g/mol. The van der Waals surface area contributed by atoms with Crippen LogP contribution in [0.1, 0.15) is 38.3 Å². The fourth-order valence-electron chi connectivity index (χ4n) is 3.86. The minimum absolute atomic E-state index is 0.0252. The summed E-state index contributed by atoms with van der Waals surface area (Å²) in [5, 5.41) is 6.63. The Balaban J connectivity index is 1.52. The first kappa shape index (κ1) is 15.8. The number of rotatable bonds is 7. The Morgan fingerprint density at radius 2 is 2.17 bits per heavy atom. The van der Waals surface area contributed by atoms with Gasteiger partial charge in [0.1, 0.15) is 17.3 Å². The van der Waals surface area contributed by atoms with E-state index in [0.717, 1.165) is 15.6 Å². The fourth-order valence-corrected chi connectivity index (χ4v) is 3.86. The first-order chi connectivity index (χ1) is 20.5. The Kier molecular flexibility index (Phi) is 4.17. The van der Waals surface area contributed by atoms with Gasteiger partial charge in [-0.1, -0.05) is 12.1 Å². The molecule has 1 aliphatic rings. The van der Waals surface area contributed by atoms with E-state index >= 15 is 0 Å². The van der Waals surface area contributed by atoms with Crippen molar-refractivity contribution in [1.29, 1.82) is 0 Å². The summed E-state index contributed by atoms with van der Waals surface area (Å²) < 4.78 is 84.6. The van der Waals surface area contributed by atoms with E-state index in [1.807, 2.05) is 0 Å². The zero-order valence-electron chi connectivity index (χ0n) is 27.4. The van der Waals surface area contributed by atoms with E-state index in [1.165, 1.54) is 48.3 Å². The molecule has 0 bridgehead atoms. The molecule has 0 spiro atoms. The number of carbonyl (C=O) groups is 1. The van der Waals surface area contributed by atoms with Crippen LogP contribution in [0.5, 0.6) is 0 Å². The molecular weight excluding hydrogens is 463 g/mol. The van der Waals surface area contributed by atoms with Crippen LogP contribution in [0.15, 0.2) is 42.9 Å². The lowest BCUT2D eigenvalue weighted by atomic mass is 10.1. The molecule has 1 aliphatic heterocycles. The number of hydrogen-bond acceptors (Lipinski definition) is 7. The van der Waals surface area contributed by atoms with Gasteiger partial charge in [-0.2, -0.15) is 5.10 Å². The number of nitrogens with zero attached hydrogens (tertiary/aromatic N) is 7. The lowest BCUT2D eigenvalue weighted by molar-refractivity contribution is 0.0380. The van der Waals surface area contributed by atoms with Crippen molar-refractivity contribution in [1.82, 2.24) is 34.2 Å².